The molecule has 18 heavy (non-hydrogen) atoms. The fraction of sp³-hybridized carbons (Fsp3) is 0.214. The third-order valence-electron chi connectivity index (χ3n) is 2.66. The van der Waals surface area contributed by atoms with Crippen LogP contribution in [-0.2, 0) is 0 Å². The van der Waals surface area contributed by atoms with Gasteiger partial charge in [-0.25, -0.2) is 0 Å². The van der Waals surface area contributed by atoms with Gasteiger partial charge in [-0.1, -0.05) is 52.5 Å². The Morgan fingerprint density at radius 1 is 1.06 bits per heavy atom. The molecule has 1 aromatic carbocycles. The molecule has 1 atom stereocenters. The third kappa shape index (κ3) is 2.83. The Morgan fingerprint density at radius 2 is 1.67 bits per heavy atom. The van der Waals surface area contributed by atoms with Crippen molar-refractivity contribution in [3.63, 3.8) is 0 Å². The van der Waals surface area contributed by atoms with Crippen LogP contribution in [0.5, 0.6) is 0 Å². The van der Waals surface area contributed by atoms with Crippen LogP contribution >= 0.6 is 23.2 Å². The van der Waals surface area contributed by atoms with Gasteiger partial charge >= 0.3 is 0 Å². The number of hydrogen-bond donors (Lipinski definition) is 1. The summed E-state index contributed by atoms with van der Waals surface area (Å²) < 4.78 is 0. The van der Waals surface area contributed by atoms with E-state index >= 15 is 0 Å². The van der Waals surface area contributed by atoms with E-state index in [0.717, 1.165) is 16.7 Å². The number of aliphatic hydroxyl groups is 1. The number of benzene rings is 1. The topological polar surface area (TPSA) is 33.1 Å². The molecule has 0 spiro atoms. The Hall–Kier alpha value is -1.09. The van der Waals surface area contributed by atoms with Gasteiger partial charge in [-0.15, -0.1) is 0 Å². The number of halogens is 2. The molecular formula is C14H13Cl2NO. The van der Waals surface area contributed by atoms with Crippen LogP contribution in [0.15, 0.2) is 30.5 Å². The monoisotopic (exact) mass is 281 g/mol. The smallest absolute Gasteiger partial charge is 0.122 e. The van der Waals surface area contributed by atoms with Crippen LogP contribution in [0, 0.1) is 13.8 Å². The first kappa shape index (κ1) is 13.3. The summed E-state index contributed by atoms with van der Waals surface area (Å²) in [7, 11) is 0. The van der Waals surface area contributed by atoms with Crippen molar-refractivity contribution >= 4 is 23.2 Å². The highest BCUT2D eigenvalue weighted by Crippen LogP contribution is 2.29. The van der Waals surface area contributed by atoms with Gasteiger partial charge < -0.3 is 5.11 Å². The summed E-state index contributed by atoms with van der Waals surface area (Å²) in [5.74, 6) is 0. The van der Waals surface area contributed by atoms with E-state index in [0.29, 0.717) is 15.7 Å². The summed E-state index contributed by atoms with van der Waals surface area (Å²) in [5.41, 5.74) is 3.39. The van der Waals surface area contributed by atoms with Gasteiger partial charge in [0.2, 0.25) is 0 Å². The lowest BCUT2D eigenvalue weighted by Gasteiger charge is -2.13. The minimum atomic E-state index is -0.839. The lowest BCUT2D eigenvalue weighted by atomic mass is 10.0. The fourth-order valence-electron chi connectivity index (χ4n) is 1.95. The van der Waals surface area contributed by atoms with Gasteiger partial charge in [0.25, 0.3) is 0 Å². The number of nitrogens with zero attached hydrogens (tertiary/aromatic N) is 1. The van der Waals surface area contributed by atoms with E-state index in [-0.39, 0.29) is 0 Å². The Balaban J connectivity index is 2.44. The molecule has 0 aliphatic carbocycles. The lowest BCUT2D eigenvalue weighted by molar-refractivity contribution is 0.215. The maximum atomic E-state index is 10.3. The van der Waals surface area contributed by atoms with E-state index < -0.39 is 6.10 Å². The molecule has 0 saturated heterocycles. The molecule has 94 valence electrons. The van der Waals surface area contributed by atoms with Crippen LogP contribution < -0.4 is 0 Å². The molecule has 1 N–H and O–H groups in total. The van der Waals surface area contributed by atoms with Crippen molar-refractivity contribution in [3.05, 3.63) is 62.9 Å². The van der Waals surface area contributed by atoms with Gasteiger partial charge in [-0.3, -0.25) is 4.98 Å². The number of pyridine rings is 1. The second-order valence-corrected chi connectivity index (χ2v) is 5.19. The van der Waals surface area contributed by atoms with Crippen molar-refractivity contribution in [1.82, 2.24) is 4.98 Å². The largest absolute Gasteiger partial charge is 0.382 e. The zero-order valence-electron chi connectivity index (χ0n) is 10.1. The van der Waals surface area contributed by atoms with Gasteiger partial charge in [0, 0.05) is 6.20 Å². The lowest BCUT2D eigenvalue weighted by Crippen LogP contribution is -2.04. The maximum absolute atomic E-state index is 10.3. The van der Waals surface area contributed by atoms with Gasteiger partial charge in [0.15, 0.2) is 0 Å². The number of aryl methyl sites for hydroxylation is 2. The van der Waals surface area contributed by atoms with E-state index in [1.165, 1.54) is 6.20 Å². The molecule has 0 bridgehead atoms. The van der Waals surface area contributed by atoms with Crippen molar-refractivity contribution in [3.8, 4) is 0 Å². The van der Waals surface area contributed by atoms with E-state index in [2.05, 4.69) is 4.98 Å². The fourth-order valence-corrected chi connectivity index (χ4v) is 2.44. The van der Waals surface area contributed by atoms with Gasteiger partial charge in [-0.05, 0) is 25.5 Å². The van der Waals surface area contributed by atoms with Gasteiger partial charge in [0.05, 0.1) is 15.7 Å². The van der Waals surface area contributed by atoms with Crippen LogP contribution in [0.3, 0.4) is 0 Å². The zero-order valence-corrected chi connectivity index (χ0v) is 11.6. The predicted molar refractivity (Wildman–Crippen MR) is 74.2 cm³/mol. The molecule has 0 saturated carbocycles. The first-order valence-electron chi connectivity index (χ1n) is 5.54. The predicted octanol–water partition coefficient (Wildman–Crippen LogP) is 4.09. The number of aromatic nitrogens is 1. The Kier molecular flexibility index (Phi) is 3.91. The zero-order chi connectivity index (χ0) is 13.3. The van der Waals surface area contributed by atoms with Crippen molar-refractivity contribution in [2.75, 3.05) is 0 Å². The molecule has 2 aromatic rings. The molecule has 2 nitrogen and oxygen atoms in total. The van der Waals surface area contributed by atoms with Crippen LogP contribution in [0.2, 0.25) is 10.0 Å². The first-order chi connectivity index (χ1) is 8.47. The molecule has 1 unspecified atom stereocenters. The molecular weight excluding hydrogens is 269 g/mol. The molecule has 0 radical (unpaired) electrons. The third-order valence-corrected chi connectivity index (χ3v) is 3.16. The average molecular weight is 282 g/mol. The average Bonchev–Trinajstić information content (AvgIpc) is 2.26. The Morgan fingerprint density at radius 3 is 2.22 bits per heavy atom. The Labute approximate surface area is 116 Å². The first-order valence-corrected chi connectivity index (χ1v) is 6.30. The van der Waals surface area contributed by atoms with Crippen molar-refractivity contribution in [2.45, 2.75) is 20.0 Å². The van der Waals surface area contributed by atoms with Crippen LogP contribution in [-0.4, -0.2) is 10.1 Å². The summed E-state index contributed by atoms with van der Waals surface area (Å²) in [6.45, 7) is 3.97. The SMILES string of the molecule is Cc1cc(C)cc(C(O)c2ncc(Cl)cc2Cl)c1. The Bertz CT molecular complexity index is 564. The van der Waals surface area contributed by atoms with E-state index in [9.17, 15) is 5.11 Å². The highest BCUT2D eigenvalue weighted by Gasteiger charge is 2.16. The highest BCUT2D eigenvalue weighted by atomic mass is 35.5. The van der Waals surface area contributed by atoms with Crippen molar-refractivity contribution in [1.29, 1.82) is 0 Å². The van der Waals surface area contributed by atoms with Gasteiger partial charge in [-0.2, -0.15) is 0 Å². The van der Waals surface area contributed by atoms with E-state index in [1.54, 1.807) is 6.07 Å². The summed E-state index contributed by atoms with van der Waals surface area (Å²) in [5, 5.41) is 11.1. The summed E-state index contributed by atoms with van der Waals surface area (Å²) >= 11 is 11.8. The second-order valence-electron chi connectivity index (χ2n) is 4.34. The van der Waals surface area contributed by atoms with Crippen LogP contribution in [0.25, 0.3) is 0 Å². The summed E-state index contributed by atoms with van der Waals surface area (Å²) in [6, 6.07) is 7.47. The van der Waals surface area contributed by atoms with Crippen LogP contribution in [0.4, 0.5) is 0 Å². The van der Waals surface area contributed by atoms with E-state index in [4.69, 9.17) is 23.2 Å². The number of hydrogen-bond acceptors (Lipinski definition) is 2. The minimum absolute atomic E-state index is 0.370. The quantitative estimate of drug-likeness (QED) is 0.900. The number of aliphatic hydroxyl groups excluding tert-OH is 1. The molecule has 0 amide bonds. The highest BCUT2D eigenvalue weighted by molar-refractivity contribution is 6.34. The molecule has 4 heteroatoms. The maximum Gasteiger partial charge on any atom is 0.122 e. The summed E-state index contributed by atoms with van der Waals surface area (Å²) in [4.78, 5) is 4.10. The molecule has 0 aliphatic heterocycles. The normalized spacial score (nSPS) is 12.5. The standard InChI is InChI=1S/C14H13Cl2NO/c1-8-3-9(2)5-10(4-8)14(18)13-12(16)6-11(15)7-17-13/h3-7,14,18H,1-2H3. The number of rotatable bonds is 2. The molecule has 1 heterocycles. The van der Waals surface area contributed by atoms with E-state index in [1.807, 2.05) is 32.0 Å². The summed E-state index contributed by atoms with van der Waals surface area (Å²) in [6.07, 6.45) is 0.641. The van der Waals surface area contributed by atoms with Crippen molar-refractivity contribution < 1.29 is 5.11 Å². The van der Waals surface area contributed by atoms with Gasteiger partial charge in [0.1, 0.15) is 6.10 Å². The molecule has 0 aliphatic rings. The second kappa shape index (κ2) is 5.27. The molecule has 0 fully saturated rings. The minimum Gasteiger partial charge on any atom is -0.382 e. The molecule has 1 aromatic heterocycles. The molecule has 2 rings (SSSR count). The van der Waals surface area contributed by atoms with Crippen molar-refractivity contribution in [2.24, 2.45) is 0 Å². The van der Waals surface area contributed by atoms with Crippen LogP contribution in [0.1, 0.15) is 28.5 Å².